The first kappa shape index (κ1) is 15.6. The number of nitrogens with zero attached hydrogens (tertiary/aromatic N) is 1. The number of hydrogen-bond acceptors (Lipinski definition) is 3. The molecule has 3 nitrogen and oxygen atoms in total. The average molecular weight is 297 g/mol. The molecule has 1 fully saturated rings. The van der Waals surface area contributed by atoms with Gasteiger partial charge in [-0.25, -0.2) is 0 Å². The summed E-state index contributed by atoms with van der Waals surface area (Å²) in [5, 5.41) is 0.777. The van der Waals surface area contributed by atoms with Crippen LogP contribution < -0.4 is 10.6 Å². The molecule has 1 aromatic carbocycles. The van der Waals surface area contributed by atoms with E-state index in [0.717, 1.165) is 37.6 Å². The molecule has 0 spiro atoms. The summed E-state index contributed by atoms with van der Waals surface area (Å²) >= 11 is 6.15. The fourth-order valence-electron chi connectivity index (χ4n) is 2.67. The van der Waals surface area contributed by atoms with Crippen molar-refractivity contribution in [3.63, 3.8) is 0 Å². The van der Waals surface area contributed by atoms with E-state index in [1.807, 2.05) is 6.07 Å². The Labute approximate surface area is 127 Å². The third kappa shape index (κ3) is 3.87. The van der Waals surface area contributed by atoms with Gasteiger partial charge in [0.25, 0.3) is 0 Å². The number of hydrogen-bond donors (Lipinski definition) is 1. The minimum absolute atomic E-state index is 0.109. The molecule has 1 aliphatic rings. The second kappa shape index (κ2) is 6.33. The molecule has 2 rings (SSSR count). The van der Waals surface area contributed by atoms with Gasteiger partial charge in [0.15, 0.2) is 0 Å². The number of rotatable bonds is 4. The zero-order valence-electron chi connectivity index (χ0n) is 12.7. The van der Waals surface area contributed by atoms with Crippen LogP contribution in [0.2, 0.25) is 5.02 Å². The standard InChI is InChI=1S/C16H25ClN2O/c1-4-14(18)10-12-9-13(17)5-6-15(12)19-7-8-20-16(2,3)11-19/h5-6,9,14H,4,7-8,10-11,18H2,1-3H3. The lowest BCUT2D eigenvalue weighted by Crippen LogP contribution is -2.48. The van der Waals surface area contributed by atoms with Gasteiger partial charge in [-0.3, -0.25) is 0 Å². The Hall–Kier alpha value is -0.770. The van der Waals surface area contributed by atoms with Crippen LogP contribution in [-0.4, -0.2) is 31.3 Å². The molecule has 1 atom stereocenters. The van der Waals surface area contributed by atoms with E-state index in [1.165, 1.54) is 11.3 Å². The Kier molecular flexibility index (Phi) is 4.95. The lowest BCUT2D eigenvalue weighted by molar-refractivity contribution is -0.0277. The van der Waals surface area contributed by atoms with E-state index in [2.05, 4.69) is 37.8 Å². The lowest BCUT2D eigenvalue weighted by atomic mass is 10.00. The van der Waals surface area contributed by atoms with Crippen molar-refractivity contribution in [3.8, 4) is 0 Å². The maximum Gasteiger partial charge on any atom is 0.0801 e. The van der Waals surface area contributed by atoms with Gasteiger partial charge in [-0.15, -0.1) is 0 Å². The first-order valence-electron chi connectivity index (χ1n) is 7.34. The predicted octanol–water partition coefficient (Wildman–Crippen LogP) is 3.24. The summed E-state index contributed by atoms with van der Waals surface area (Å²) < 4.78 is 5.79. The van der Waals surface area contributed by atoms with Crippen molar-refractivity contribution in [3.05, 3.63) is 28.8 Å². The molecule has 0 aromatic heterocycles. The second-order valence-electron chi connectivity index (χ2n) is 6.18. The van der Waals surface area contributed by atoms with Gasteiger partial charge in [0.2, 0.25) is 0 Å². The van der Waals surface area contributed by atoms with Gasteiger partial charge in [0, 0.05) is 29.8 Å². The van der Waals surface area contributed by atoms with E-state index in [9.17, 15) is 0 Å². The van der Waals surface area contributed by atoms with E-state index >= 15 is 0 Å². The topological polar surface area (TPSA) is 38.5 Å². The Morgan fingerprint density at radius 1 is 1.45 bits per heavy atom. The van der Waals surface area contributed by atoms with Crippen molar-refractivity contribution in [2.75, 3.05) is 24.6 Å². The van der Waals surface area contributed by atoms with Crippen molar-refractivity contribution in [1.82, 2.24) is 0 Å². The maximum absolute atomic E-state index is 6.15. The monoisotopic (exact) mass is 296 g/mol. The molecule has 2 N–H and O–H groups in total. The van der Waals surface area contributed by atoms with Gasteiger partial charge < -0.3 is 15.4 Å². The summed E-state index contributed by atoms with van der Waals surface area (Å²) in [6.45, 7) is 8.95. The largest absolute Gasteiger partial charge is 0.372 e. The molecular weight excluding hydrogens is 272 g/mol. The summed E-state index contributed by atoms with van der Waals surface area (Å²) in [5.41, 5.74) is 8.50. The molecular formula is C16H25ClN2O. The fourth-order valence-corrected chi connectivity index (χ4v) is 2.87. The second-order valence-corrected chi connectivity index (χ2v) is 6.61. The smallest absolute Gasteiger partial charge is 0.0801 e. The molecule has 0 bridgehead atoms. The van der Waals surface area contributed by atoms with E-state index in [-0.39, 0.29) is 11.6 Å². The fraction of sp³-hybridized carbons (Fsp3) is 0.625. The van der Waals surface area contributed by atoms with E-state index in [1.54, 1.807) is 0 Å². The number of morpholine rings is 1. The zero-order valence-corrected chi connectivity index (χ0v) is 13.4. The minimum atomic E-state index is -0.109. The highest BCUT2D eigenvalue weighted by molar-refractivity contribution is 6.30. The SMILES string of the molecule is CCC(N)Cc1cc(Cl)ccc1N1CCOC(C)(C)C1. The molecule has 0 aliphatic carbocycles. The molecule has 1 heterocycles. The van der Waals surface area contributed by atoms with Crippen molar-refractivity contribution in [2.45, 2.75) is 45.3 Å². The quantitative estimate of drug-likeness (QED) is 0.927. The van der Waals surface area contributed by atoms with E-state index in [0.29, 0.717) is 0 Å². The number of halogens is 1. The third-order valence-corrected chi connectivity index (χ3v) is 4.05. The van der Waals surface area contributed by atoms with Gasteiger partial charge in [0.1, 0.15) is 0 Å². The number of ether oxygens (including phenoxy) is 1. The highest BCUT2D eigenvalue weighted by Gasteiger charge is 2.28. The van der Waals surface area contributed by atoms with Crippen LogP contribution in [0.1, 0.15) is 32.8 Å². The first-order valence-corrected chi connectivity index (χ1v) is 7.72. The van der Waals surface area contributed by atoms with E-state index in [4.69, 9.17) is 22.1 Å². The van der Waals surface area contributed by atoms with Crippen LogP contribution >= 0.6 is 11.6 Å². The molecule has 1 unspecified atom stereocenters. The molecule has 0 amide bonds. The molecule has 20 heavy (non-hydrogen) atoms. The molecule has 1 saturated heterocycles. The summed E-state index contributed by atoms with van der Waals surface area (Å²) in [5.74, 6) is 0. The molecule has 1 aromatic rings. The summed E-state index contributed by atoms with van der Waals surface area (Å²) in [6, 6.07) is 6.30. The highest BCUT2D eigenvalue weighted by Crippen LogP contribution is 2.29. The average Bonchev–Trinajstić information content (AvgIpc) is 2.37. The third-order valence-electron chi connectivity index (χ3n) is 3.81. The molecule has 4 heteroatoms. The van der Waals surface area contributed by atoms with Gasteiger partial charge >= 0.3 is 0 Å². The maximum atomic E-state index is 6.15. The van der Waals surface area contributed by atoms with Gasteiger partial charge in [0.05, 0.1) is 12.2 Å². The van der Waals surface area contributed by atoms with Crippen LogP contribution in [0.15, 0.2) is 18.2 Å². The van der Waals surface area contributed by atoms with Crippen molar-refractivity contribution in [1.29, 1.82) is 0 Å². The van der Waals surface area contributed by atoms with Gasteiger partial charge in [-0.2, -0.15) is 0 Å². The summed E-state index contributed by atoms with van der Waals surface area (Å²) in [6.07, 6.45) is 1.84. The highest BCUT2D eigenvalue weighted by atomic mass is 35.5. The molecule has 0 radical (unpaired) electrons. The Morgan fingerprint density at radius 3 is 2.85 bits per heavy atom. The summed E-state index contributed by atoms with van der Waals surface area (Å²) in [7, 11) is 0. The Balaban J connectivity index is 2.26. The minimum Gasteiger partial charge on any atom is -0.372 e. The van der Waals surface area contributed by atoms with Gasteiger partial charge in [-0.05, 0) is 50.5 Å². The van der Waals surface area contributed by atoms with Crippen LogP contribution in [-0.2, 0) is 11.2 Å². The first-order chi connectivity index (χ1) is 9.41. The number of nitrogens with two attached hydrogens (primary N) is 1. The van der Waals surface area contributed by atoms with Crippen LogP contribution in [0.5, 0.6) is 0 Å². The van der Waals surface area contributed by atoms with Crippen LogP contribution in [0.25, 0.3) is 0 Å². The van der Waals surface area contributed by atoms with Crippen molar-refractivity contribution >= 4 is 17.3 Å². The van der Waals surface area contributed by atoms with Crippen molar-refractivity contribution < 1.29 is 4.74 Å². The Morgan fingerprint density at radius 2 is 2.20 bits per heavy atom. The molecule has 1 aliphatic heterocycles. The van der Waals surface area contributed by atoms with Crippen LogP contribution in [0.4, 0.5) is 5.69 Å². The zero-order chi connectivity index (χ0) is 14.8. The summed E-state index contributed by atoms with van der Waals surface area (Å²) in [4.78, 5) is 2.39. The molecule has 112 valence electrons. The predicted molar refractivity (Wildman–Crippen MR) is 85.7 cm³/mol. The van der Waals surface area contributed by atoms with Crippen molar-refractivity contribution in [2.24, 2.45) is 5.73 Å². The van der Waals surface area contributed by atoms with Gasteiger partial charge in [-0.1, -0.05) is 18.5 Å². The molecule has 0 saturated carbocycles. The number of benzene rings is 1. The Bertz CT molecular complexity index is 462. The van der Waals surface area contributed by atoms with Crippen LogP contribution in [0, 0.1) is 0 Å². The van der Waals surface area contributed by atoms with E-state index < -0.39 is 0 Å². The lowest BCUT2D eigenvalue weighted by Gasteiger charge is -2.40. The normalized spacial score (nSPS) is 19.9. The van der Waals surface area contributed by atoms with Crippen LogP contribution in [0.3, 0.4) is 0 Å². The number of anilines is 1.